The standard InChI is InChI=1S/C16H18N4/c1-13-5-6-16(15(18)10-13)20(9-3-7-17)12-14-4-2-8-19-11-14/h2,4-6,8,10-11H,3,9,12,18H2,1H3. The van der Waals surface area contributed by atoms with Crippen LogP contribution in [0.2, 0.25) is 0 Å². The summed E-state index contributed by atoms with van der Waals surface area (Å²) in [6.45, 7) is 3.36. The lowest BCUT2D eigenvalue weighted by Gasteiger charge is -2.25. The second kappa shape index (κ2) is 6.58. The Labute approximate surface area is 119 Å². The molecule has 2 rings (SSSR count). The van der Waals surface area contributed by atoms with Crippen LogP contribution in [0.1, 0.15) is 17.5 Å². The number of benzene rings is 1. The number of nitrogens with two attached hydrogens (primary N) is 1. The highest BCUT2D eigenvalue weighted by atomic mass is 15.1. The molecule has 1 aromatic heterocycles. The van der Waals surface area contributed by atoms with E-state index in [2.05, 4.69) is 16.0 Å². The van der Waals surface area contributed by atoms with Crippen LogP contribution in [0.3, 0.4) is 0 Å². The first kappa shape index (κ1) is 13.9. The van der Waals surface area contributed by atoms with E-state index in [0.29, 0.717) is 19.5 Å². The number of nitrogens with zero attached hydrogens (tertiary/aromatic N) is 3. The van der Waals surface area contributed by atoms with Crippen LogP contribution in [-0.2, 0) is 6.54 Å². The zero-order valence-electron chi connectivity index (χ0n) is 11.6. The van der Waals surface area contributed by atoms with Gasteiger partial charge in [0.05, 0.1) is 23.9 Å². The topological polar surface area (TPSA) is 65.9 Å². The lowest BCUT2D eigenvalue weighted by Crippen LogP contribution is -2.24. The highest BCUT2D eigenvalue weighted by molar-refractivity contribution is 5.68. The molecule has 1 heterocycles. The van der Waals surface area contributed by atoms with Crippen molar-refractivity contribution >= 4 is 11.4 Å². The van der Waals surface area contributed by atoms with Gasteiger partial charge in [0, 0.05) is 25.5 Å². The minimum atomic E-state index is 0.466. The number of hydrogen-bond acceptors (Lipinski definition) is 4. The molecule has 20 heavy (non-hydrogen) atoms. The van der Waals surface area contributed by atoms with Crippen LogP contribution in [-0.4, -0.2) is 11.5 Å². The average Bonchev–Trinajstić information content (AvgIpc) is 2.45. The summed E-state index contributed by atoms with van der Waals surface area (Å²) >= 11 is 0. The van der Waals surface area contributed by atoms with Crippen molar-refractivity contribution in [2.24, 2.45) is 0 Å². The van der Waals surface area contributed by atoms with Gasteiger partial charge in [0.2, 0.25) is 0 Å². The number of nitriles is 1. The van der Waals surface area contributed by atoms with Gasteiger partial charge in [-0.05, 0) is 36.2 Å². The minimum Gasteiger partial charge on any atom is -0.397 e. The molecule has 102 valence electrons. The summed E-state index contributed by atoms with van der Waals surface area (Å²) < 4.78 is 0. The molecule has 0 amide bonds. The van der Waals surface area contributed by atoms with Crippen LogP contribution in [0.4, 0.5) is 11.4 Å². The van der Waals surface area contributed by atoms with E-state index in [4.69, 9.17) is 11.0 Å². The van der Waals surface area contributed by atoms with Crippen LogP contribution in [0.5, 0.6) is 0 Å². The van der Waals surface area contributed by atoms with E-state index in [1.54, 1.807) is 6.20 Å². The maximum absolute atomic E-state index is 8.82. The van der Waals surface area contributed by atoms with Gasteiger partial charge in [-0.2, -0.15) is 5.26 Å². The highest BCUT2D eigenvalue weighted by Crippen LogP contribution is 2.25. The largest absolute Gasteiger partial charge is 0.397 e. The van der Waals surface area contributed by atoms with E-state index in [1.807, 2.05) is 43.5 Å². The Hall–Kier alpha value is -2.54. The van der Waals surface area contributed by atoms with Crippen LogP contribution in [0.25, 0.3) is 0 Å². The monoisotopic (exact) mass is 266 g/mol. The van der Waals surface area contributed by atoms with Crippen molar-refractivity contribution < 1.29 is 0 Å². The molecule has 0 saturated carbocycles. The van der Waals surface area contributed by atoms with E-state index in [0.717, 1.165) is 22.5 Å². The maximum atomic E-state index is 8.82. The number of aryl methyl sites for hydroxylation is 1. The molecule has 0 spiro atoms. The predicted molar refractivity (Wildman–Crippen MR) is 81.1 cm³/mol. The number of nitrogen functional groups attached to an aromatic ring is 1. The second-order valence-electron chi connectivity index (χ2n) is 4.75. The molecule has 2 N–H and O–H groups in total. The Balaban J connectivity index is 2.25. The molecule has 0 radical (unpaired) electrons. The third-order valence-corrected chi connectivity index (χ3v) is 3.11. The Bertz CT molecular complexity index is 602. The van der Waals surface area contributed by atoms with Gasteiger partial charge in [0.15, 0.2) is 0 Å². The average molecular weight is 266 g/mol. The van der Waals surface area contributed by atoms with E-state index in [9.17, 15) is 0 Å². The SMILES string of the molecule is Cc1ccc(N(CCC#N)Cc2cccnc2)c(N)c1. The molecule has 2 aromatic rings. The van der Waals surface area contributed by atoms with Gasteiger partial charge >= 0.3 is 0 Å². The zero-order chi connectivity index (χ0) is 14.4. The molecule has 0 unspecified atom stereocenters. The van der Waals surface area contributed by atoms with Crippen LogP contribution < -0.4 is 10.6 Å². The molecular weight excluding hydrogens is 248 g/mol. The molecule has 4 heteroatoms. The van der Waals surface area contributed by atoms with Gasteiger partial charge in [-0.1, -0.05) is 12.1 Å². The van der Waals surface area contributed by atoms with Gasteiger partial charge in [-0.15, -0.1) is 0 Å². The van der Waals surface area contributed by atoms with Crippen LogP contribution >= 0.6 is 0 Å². The Morgan fingerprint density at radius 3 is 2.85 bits per heavy atom. The summed E-state index contributed by atoms with van der Waals surface area (Å²) in [5, 5.41) is 8.82. The van der Waals surface area contributed by atoms with Crippen molar-refractivity contribution in [3.05, 3.63) is 53.9 Å². The summed E-state index contributed by atoms with van der Waals surface area (Å²) in [5.74, 6) is 0. The lowest BCUT2D eigenvalue weighted by atomic mass is 10.1. The summed E-state index contributed by atoms with van der Waals surface area (Å²) in [7, 11) is 0. The normalized spacial score (nSPS) is 10.0. The van der Waals surface area contributed by atoms with Crippen LogP contribution in [0.15, 0.2) is 42.7 Å². The van der Waals surface area contributed by atoms with Gasteiger partial charge in [-0.25, -0.2) is 0 Å². The summed E-state index contributed by atoms with van der Waals surface area (Å²) in [5.41, 5.74) is 10.1. The van der Waals surface area contributed by atoms with Gasteiger partial charge in [-0.3, -0.25) is 4.98 Å². The van der Waals surface area contributed by atoms with Crippen molar-refractivity contribution in [2.45, 2.75) is 19.9 Å². The minimum absolute atomic E-state index is 0.466. The third kappa shape index (κ3) is 3.48. The molecule has 1 aromatic carbocycles. The molecule has 0 aliphatic rings. The van der Waals surface area contributed by atoms with Gasteiger partial charge in [0.25, 0.3) is 0 Å². The predicted octanol–water partition coefficient (Wildman–Crippen LogP) is 2.89. The van der Waals surface area contributed by atoms with Gasteiger partial charge < -0.3 is 10.6 Å². The van der Waals surface area contributed by atoms with E-state index in [1.165, 1.54) is 0 Å². The molecule has 0 saturated heterocycles. The van der Waals surface area contributed by atoms with E-state index >= 15 is 0 Å². The van der Waals surface area contributed by atoms with Crippen molar-refractivity contribution in [1.82, 2.24) is 4.98 Å². The Kier molecular flexibility index (Phi) is 4.56. The summed E-state index contributed by atoms with van der Waals surface area (Å²) in [6.07, 6.45) is 4.06. The third-order valence-electron chi connectivity index (χ3n) is 3.11. The number of anilines is 2. The lowest BCUT2D eigenvalue weighted by molar-refractivity contribution is 0.796. The van der Waals surface area contributed by atoms with E-state index in [-0.39, 0.29) is 0 Å². The highest BCUT2D eigenvalue weighted by Gasteiger charge is 2.10. The molecule has 0 aliphatic heterocycles. The van der Waals surface area contributed by atoms with Crippen molar-refractivity contribution in [3.63, 3.8) is 0 Å². The quantitative estimate of drug-likeness (QED) is 0.845. The second-order valence-corrected chi connectivity index (χ2v) is 4.75. The number of rotatable bonds is 5. The molecule has 0 bridgehead atoms. The van der Waals surface area contributed by atoms with Gasteiger partial charge in [0.1, 0.15) is 0 Å². The molecule has 0 atom stereocenters. The first-order chi connectivity index (χ1) is 9.70. The summed E-state index contributed by atoms with van der Waals surface area (Å²) in [6, 6.07) is 12.1. The van der Waals surface area contributed by atoms with Crippen molar-refractivity contribution in [3.8, 4) is 6.07 Å². The fourth-order valence-electron chi connectivity index (χ4n) is 2.14. The Morgan fingerprint density at radius 1 is 1.35 bits per heavy atom. The fraction of sp³-hybridized carbons (Fsp3) is 0.250. The van der Waals surface area contributed by atoms with Crippen molar-refractivity contribution in [1.29, 1.82) is 5.26 Å². The molecule has 0 fully saturated rings. The maximum Gasteiger partial charge on any atom is 0.0640 e. The van der Waals surface area contributed by atoms with Crippen LogP contribution in [0, 0.1) is 18.3 Å². The smallest absolute Gasteiger partial charge is 0.0640 e. The van der Waals surface area contributed by atoms with E-state index < -0.39 is 0 Å². The number of aromatic nitrogens is 1. The first-order valence-corrected chi connectivity index (χ1v) is 6.57. The first-order valence-electron chi connectivity index (χ1n) is 6.57. The number of hydrogen-bond donors (Lipinski definition) is 1. The molecule has 0 aliphatic carbocycles. The molecular formula is C16H18N4. The molecule has 4 nitrogen and oxygen atoms in total. The van der Waals surface area contributed by atoms with Crippen molar-refractivity contribution in [2.75, 3.05) is 17.2 Å². The number of pyridine rings is 1. The fourth-order valence-corrected chi connectivity index (χ4v) is 2.14. The zero-order valence-corrected chi connectivity index (χ0v) is 11.6. The Morgan fingerprint density at radius 2 is 2.20 bits per heavy atom. The summed E-state index contributed by atoms with van der Waals surface area (Å²) in [4.78, 5) is 6.25.